The Morgan fingerprint density at radius 3 is 2.66 bits per heavy atom. The number of likely N-dealkylation sites (tertiary alicyclic amines) is 1. The zero-order chi connectivity index (χ0) is 24.5. The van der Waals surface area contributed by atoms with E-state index >= 15 is 0 Å². The number of aromatic amines is 1. The average molecular weight is 471 g/mol. The van der Waals surface area contributed by atoms with Crippen molar-refractivity contribution >= 4 is 28.4 Å². The number of H-pyrrole nitrogens is 1. The van der Waals surface area contributed by atoms with Gasteiger partial charge in [-0.3, -0.25) is 14.6 Å². The van der Waals surface area contributed by atoms with E-state index in [1.54, 1.807) is 31.5 Å². The highest BCUT2D eigenvalue weighted by Crippen LogP contribution is 2.39. The molecule has 0 radical (unpaired) electrons. The smallest absolute Gasteiger partial charge is 0.295 e. The number of nitrogens with zero attached hydrogens (tertiary/aromatic N) is 2. The zero-order valence-electron chi connectivity index (χ0n) is 18.9. The minimum atomic E-state index is -0.874. The summed E-state index contributed by atoms with van der Waals surface area (Å²) in [4.78, 5) is 35.2. The molecule has 5 rings (SSSR count). The third kappa shape index (κ3) is 4.03. The molecule has 8 heteroatoms. The highest BCUT2D eigenvalue weighted by atomic mass is 19.1. The summed E-state index contributed by atoms with van der Waals surface area (Å²) in [6.07, 6.45) is 3.90. The van der Waals surface area contributed by atoms with Crippen LogP contribution in [-0.2, 0) is 16.0 Å². The third-order valence-electron chi connectivity index (χ3n) is 6.22. The van der Waals surface area contributed by atoms with E-state index in [1.165, 1.54) is 29.2 Å². The Kier molecular flexibility index (Phi) is 5.78. The van der Waals surface area contributed by atoms with Gasteiger partial charge in [-0.2, -0.15) is 0 Å². The van der Waals surface area contributed by atoms with Crippen molar-refractivity contribution in [1.82, 2.24) is 14.9 Å². The summed E-state index contributed by atoms with van der Waals surface area (Å²) in [7, 11) is 1.60. The molecule has 1 aliphatic rings. The normalized spacial score (nSPS) is 17.3. The molecule has 2 aromatic carbocycles. The van der Waals surface area contributed by atoms with E-state index in [2.05, 4.69) is 9.97 Å². The first-order chi connectivity index (χ1) is 17.0. The number of ether oxygens (including phenoxy) is 1. The van der Waals surface area contributed by atoms with Gasteiger partial charge in [-0.1, -0.05) is 6.07 Å². The standard InChI is InChI=1S/C27H22FN3O4/c1-35-19-9-10-21-20(14-19)17(15-30-21)11-13-31-24(22-4-2-3-12-29-22)23(26(33)27(31)34)25(32)16-5-7-18(28)8-6-16/h2-10,12,14-15,24,30,32H,11,13H2,1H3/t24-/m1/s1. The quantitative estimate of drug-likeness (QED) is 0.247. The second kappa shape index (κ2) is 9.06. The lowest BCUT2D eigenvalue weighted by Crippen LogP contribution is -2.32. The topological polar surface area (TPSA) is 95.5 Å². The van der Waals surface area contributed by atoms with Gasteiger partial charge in [-0.25, -0.2) is 4.39 Å². The van der Waals surface area contributed by atoms with Crippen molar-refractivity contribution in [2.45, 2.75) is 12.5 Å². The predicted molar refractivity (Wildman–Crippen MR) is 128 cm³/mol. The summed E-state index contributed by atoms with van der Waals surface area (Å²) in [6, 6.07) is 15.1. The number of fused-ring (bicyclic) bond motifs is 1. The maximum atomic E-state index is 13.4. The van der Waals surface area contributed by atoms with Crippen LogP contribution in [0.25, 0.3) is 16.7 Å². The van der Waals surface area contributed by atoms with Gasteiger partial charge in [0, 0.05) is 35.4 Å². The first kappa shape index (κ1) is 22.3. The van der Waals surface area contributed by atoms with Gasteiger partial charge in [0.2, 0.25) is 0 Å². The van der Waals surface area contributed by atoms with Crippen LogP contribution in [0.4, 0.5) is 4.39 Å². The van der Waals surface area contributed by atoms with Crippen LogP contribution in [0.2, 0.25) is 0 Å². The highest BCUT2D eigenvalue weighted by molar-refractivity contribution is 6.46. The number of nitrogens with one attached hydrogen (secondary N) is 1. The van der Waals surface area contributed by atoms with E-state index in [4.69, 9.17) is 4.74 Å². The van der Waals surface area contributed by atoms with Crippen LogP contribution in [0, 0.1) is 5.82 Å². The van der Waals surface area contributed by atoms with Crippen molar-refractivity contribution in [3.63, 3.8) is 0 Å². The number of carbonyl (C=O) groups is 2. The van der Waals surface area contributed by atoms with Crippen molar-refractivity contribution in [2.24, 2.45) is 0 Å². The number of ketones is 1. The van der Waals surface area contributed by atoms with Crippen LogP contribution in [-0.4, -0.2) is 45.3 Å². The van der Waals surface area contributed by atoms with Gasteiger partial charge < -0.3 is 19.7 Å². The van der Waals surface area contributed by atoms with Crippen molar-refractivity contribution in [3.8, 4) is 5.75 Å². The lowest BCUT2D eigenvalue weighted by atomic mass is 9.98. The van der Waals surface area contributed by atoms with Gasteiger partial charge in [0.05, 0.1) is 18.4 Å². The molecule has 0 saturated carbocycles. The molecule has 35 heavy (non-hydrogen) atoms. The summed E-state index contributed by atoms with van der Waals surface area (Å²) in [5.74, 6) is -1.65. The lowest BCUT2D eigenvalue weighted by molar-refractivity contribution is -0.139. The molecule has 2 N–H and O–H groups in total. The molecule has 1 aliphatic heterocycles. The van der Waals surface area contributed by atoms with Crippen LogP contribution in [0.3, 0.4) is 0 Å². The number of rotatable bonds is 6. The summed E-state index contributed by atoms with van der Waals surface area (Å²) >= 11 is 0. The number of pyridine rings is 1. The minimum absolute atomic E-state index is 0.0686. The van der Waals surface area contributed by atoms with E-state index < -0.39 is 23.5 Å². The Hall–Kier alpha value is -4.46. The zero-order valence-corrected chi connectivity index (χ0v) is 18.9. The molecule has 3 heterocycles. The van der Waals surface area contributed by atoms with Crippen molar-refractivity contribution in [1.29, 1.82) is 0 Å². The van der Waals surface area contributed by atoms with Crippen molar-refractivity contribution in [2.75, 3.05) is 13.7 Å². The third-order valence-corrected chi connectivity index (χ3v) is 6.22. The number of Topliss-reactive ketones (excluding diaryl/α,β-unsaturated/α-hetero) is 1. The molecule has 1 amide bonds. The number of hydrogen-bond acceptors (Lipinski definition) is 5. The summed E-state index contributed by atoms with van der Waals surface area (Å²) in [5, 5.41) is 12.0. The number of methoxy groups -OCH3 is 1. The molecule has 1 fully saturated rings. The first-order valence-corrected chi connectivity index (χ1v) is 11.1. The largest absolute Gasteiger partial charge is 0.507 e. The molecule has 0 bridgehead atoms. The molecule has 1 atom stereocenters. The Bertz CT molecular complexity index is 1440. The van der Waals surface area contributed by atoms with Gasteiger partial charge in [0.25, 0.3) is 11.7 Å². The molecular weight excluding hydrogens is 449 g/mol. The molecule has 0 aliphatic carbocycles. The molecule has 4 aromatic rings. The number of aliphatic hydroxyl groups is 1. The lowest BCUT2D eigenvalue weighted by Gasteiger charge is -2.24. The fourth-order valence-electron chi connectivity index (χ4n) is 4.45. The van der Waals surface area contributed by atoms with E-state index in [-0.39, 0.29) is 23.4 Å². The molecule has 2 aromatic heterocycles. The molecule has 176 valence electrons. The predicted octanol–water partition coefficient (Wildman–Crippen LogP) is 4.38. The summed E-state index contributed by atoms with van der Waals surface area (Å²) < 4.78 is 18.7. The van der Waals surface area contributed by atoms with Crippen LogP contribution in [0.1, 0.15) is 22.9 Å². The fraction of sp³-hybridized carbons (Fsp3) is 0.148. The van der Waals surface area contributed by atoms with E-state index in [0.29, 0.717) is 17.9 Å². The Labute approximate surface area is 200 Å². The van der Waals surface area contributed by atoms with Gasteiger partial charge in [-0.15, -0.1) is 0 Å². The van der Waals surface area contributed by atoms with E-state index in [1.807, 2.05) is 24.4 Å². The summed E-state index contributed by atoms with van der Waals surface area (Å²) in [5.41, 5.74) is 2.52. The molecule has 1 saturated heterocycles. The second-order valence-corrected chi connectivity index (χ2v) is 8.23. The van der Waals surface area contributed by atoms with Gasteiger partial charge in [-0.05, 0) is 66.6 Å². The number of halogens is 1. The Morgan fingerprint density at radius 2 is 1.94 bits per heavy atom. The maximum absolute atomic E-state index is 13.4. The number of aromatic nitrogens is 2. The van der Waals surface area contributed by atoms with Crippen molar-refractivity contribution < 1.29 is 23.8 Å². The number of benzene rings is 2. The van der Waals surface area contributed by atoms with Gasteiger partial charge in [0.15, 0.2) is 0 Å². The van der Waals surface area contributed by atoms with Crippen LogP contribution < -0.4 is 4.74 Å². The van der Waals surface area contributed by atoms with Crippen molar-refractivity contribution in [3.05, 3.63) is 101 Å². The van der Waals surface area contributed by atoms with Crippen LogP contribution in [0.15, 0.2) is 78.6 Å². The maximum Gasteiger partial charge on any atom is 0.295 e. The molecule has 0 unspecified atom stereocenters. The van der Waals surface area contributed by atoms with Gasteiger partial charge >= 0.3 is 0 Å². The Balaban J connectivity index is 1.54. The van der Waals surface area contributed by atoms with E-state index in [9.17, 15) is 19.1 Å². The second-order valence-electron chi connectivity index (χ2n) is 8.23. The monoisotopic (exact) mass is 471 g/mol. The SMILES string of the molecule is COc1ccc2[nH]cc(CCN3C(=O)C(=O)C(=C(O)c4ccc(F)cc4)[C@H]3c3ccccn3)c2c1. The molecule has 0 spiro atoms. The number of amides is 1. The highest BCUT2D eigenvalue weighted by Gasteiger charge is 2.46. The average Bonchev–Trinajstić information content (AvgIpc) is 3.40. The van der Waals surface area contributed by atoms with E-state index in [0.717, 1.165) is 16.5 Å². The molecule has 7 nitrogen and oxygen atoms in total. The first-order valence-electron chi connectivity index (χ1n) is 11.1. The number of hydrogen-bond donors (Lipinski definition) is 2. The fourth-order valence-corrected chi connectivity index (χ4v) is 4.45. The van der Waals surface area contributed by atoms with Crippen LogP contribution in [0.5, 0.6) is 5.75 Å². The number of aliphatic hydroxyl groups excluding tert-OH is 1. The number of carbonyl (C=O) groups excluding carboxylic acids is 2. The van der Waals surface area contributed by atoms with Gasteiger partial charge in [0.1, 0.15) is 23.4 Å². The Morgan fingerprint density at radius 1 is 1.14 bits per heavy atom. The minimum Gasteiger partial charge on any atom is -0.507 e. The molecular formula is C27H22FN3O4. The summed E-state index contributed by atoms with van der Waals surface area (Å²) in [6.45, 7) is 0.218. The van der Waals surface area contributed by atoms with Crippen LogP contribution >= 0.6 is 0 Å².